The summed E-state index contributed by atoms with van der Waals surface area (Å²) in [6.45, 7) is 7.12. The van der Waals surface area contributed by atoms with Crippen LogP contribution in [-0.2, 0) is 4.74 Å². The summed E-state index contributed by atoms with van der Waals surface area (Å²) in [5, 5.41) is 3.36. The molecule has 1 fully saturated rings. The zero-order chi connectivity index (χ0) is 16.2. The van der Waals surface area contributed by atoms with E-state index in [-0.39, 0.29) is 12.1 Å². The van der Waals surface area contributed by atoms with E-state index >= 15 is 0 Å². The van der Waals surface area contributed by atoms with Gasteiger partial charge in [0.2, 0.25) is 0 Å². The van der Waals surface area contributed by atoms with Crippen molar-refractivity contribution in [3.05, 3.63) is 29.8 Å². The van der Waals surface area contributed by atoms with Crippen molar-refractivity contribution in [2.75, 3.05) is 18.4 Å². The molecule has 0 spiro atoms. The maximum atomic E-state index is 12.2. The van der Waals surface area contributed by atoms with Gasteiger partial charge in [-0.1, -0.05) is 12.0 Å². The Morgan fingerprint density at radius 2 is 2.27 bits per heavy atom. The van der Waals surface area contributed by atoms with Gasteiger partial charge in [-0.2, -0.15) is 0 Å². The van der Waals surface area contributed by atoms with Crippen LogP contribution in [0.3, 0.4) is 0 Å². The molecule has 0 radical (unpaired) electrons. The molecule has 1 aromatic rings. The number of hydrogen-bond donors (Lipinski definition) is 1. The van der Waals surface area contributed by atoms with Gasteiger partial charge in [0.1, 0.15) is 5.60 Å². The molecular formula is C18H24N2O2. The molecule has 1 N–H and O–H groups in total. The minimum absolute atomic E-state index is 0.157. The lowest BCUT2D eigenvalue weighted by Gasteiger charge is -2.29. The summed E-state index contributed by atoms with van der Waals surface area (Å²) in [5.74, 6) is 2.62. The SMILES string of the molecule is C#Cc1cccc(NCC2CCCN2C(=O)OC(C)(C)C)c1. The molecular weight excluding hydrogens is 276 g/mol. The lowest BCUT2D eigenvalue weighted by molar-refractivity contribution is 0.0235. The number of anilines is 1. The van der Waals surface area contributed by atoms with Gasteiger partial charge in [0.15, 0.2) is 0 Å². The maximum Gasteiger partial charge on any atom is 0.410 e. The third-order valence-corrected chi connectivity index (χ3v) is 3.58. The summed E-state index contributed by atoms with van der Waals surface area (Å²) in [5.41, 5.74) is 1.37. The second-order valence-electron chi connectivity index (χ2n) is 6.58. The average Bonchev–Trinajstić information content (AvgIpc) is 2.92. The predicted octanol–water partition coefficient (Wildman–Crippen LogP) is 3.48. The van der Waals surface area contributed by atoms with Crippen LogP contribution >= 0.6 is 0 Å². The molecule has 0 aliphatic carbocycles. The highest BCUT2D eigenvalue weighted by Crippen LogP contribution is 2.21. The van der Waals surface area contributed by atoms with Gasteiger partial charge < -0.3 is 15.0 Å². The van der Waals surface area contributed by atoms with Gasteiger partial charge in [0.05, 0.1) is 6.04 Å². The van der Waals surface area contributed by atoms with E-state index in [0.717, 1.165) is 30.6 Å². The van der Waals surface area contributed by atoms with Crippen LogP contribution in [0.2, 0.25) is 0 Å². The zero-order valence-electron chi connectivity index (χ0n) is 13.6. The van der Waals surface area contributed by atoms with Crippen molar-refractivity contribution in [1.29, 1.82) is 0 Å². The first kappa shape index (κ1) is 16.2. The van der Waals surface area contributed by atoms with E-state index in [2.05, 4.69) is 11.2 Å². The number of terminal acetylenes is 1. The van der Waals surface area contributed by atoms with Crippen LogP contribution in [0.5, 0.6) is 0 Å². The first-order valence-electron chi connectivity index (χ1n) is 7.69. The van der Waals surface area contributed by atoms with E-state index < -0.39 is 5.60 Å². The number of carbonyl (C=O) groups is 1. The summed E-state index contributed by atoms with van der Waals surface area (Å²) in [4.78, 5) is 14.1. The molecule has 1 aliphatic rings. The van der Waals surface area contributed by atoms with Crippen molar-refractivity contribution in [2.24, 2.45) is 0 Å². The van der Waals surface area contributed by atoms with Crippen molar-refractivity contribution in [1.82, 2.24) is 4.90 Å². The lowest BCUT2D eigenvalue weighted by Crippen LogP contribution is -2.42. The number of rotatable bonds is 3. The molecule has 1 aliphatic heterocycles. The van der Waals surface area contributed by atoms with Crippen molar-refractivity contribution < 1.29 is 9.53 Å². The quantitative estimate of drug-likeness (QED) is 0.869. The third kappa shape index (κ3) is 4.42. The Bertz CT molecular complexity index is 569. The van der Waals surface area contributed by atoms with Crippen molar-refractivity contribution in [2.45, 2.75) is 45.3 Å². The molecule has 1 unspecified atom stereocenters. The Balaban J connectivity index is 1.94. The smallest absolute Gasteiger partial charge is 0.410 e. The van der Waals surface area contributed by atoms with Gasteiger partial charge in [-0.3, -0.25) is 0 Å². The molecule has 118 valence electrons. The summed E-state index contributed by atoms with van der Waals surface area (Å²) in [7, 11) is 0. The Morgan fingerprint density at radius 3 is 2.95 bits per heavy atom. The molecule has 0 bridgehead atoms. The standard InChI is InChI=1S/C18H24N2O2/c1-5-14-8-6-9-15(12-14)19-13-16-10-7-11-20(16)17(21)22-18(2,3)4/h1,6,8-9,12,16,19H,7,10-11,13H2,2-4H3. The Labute approximate surface area is 132 Å². The van der Waals surface area contributed by atoms with E-state index in [1.807, 2.05) is 49.9 Å². The fourth-order valence-corrected chi connectivity index (χ4v) is 2.56. The van der Waals surface area contributed by atoms with Crippen LogP contribution in [0.4, 0.5) is 10.5 Å². The van der Waals surface area contributed by atoms with Crippen molar-refractivity contribution in [3.8, 4) is 12.3 Å². The largest absolute Gasteiger partial charge is 0.444 e. The van der Waals surface area contributed by atoms with Crippen LogP contribution in [0.15, 0.2) is 24.3 Å². The molecule has 1 aromatic carbocycles. The predicted molar refractivity (Wildman–Crippen MR) is 88.8 cm³/mol. The molecule has 1 saturated heterocycles. The number of amides is 1. The molecule has 1 heterocycles. The van der Waals surface area contributed by atoms with Crippen molar-refractivity contribution >= 4 is 11.8 Å². The molecule has 0 aromatic heterocycles. The number of ether oxygens (including phenoxy) is 1. The van der Waals surface area contributed by atoms with Gasteiger partial charge >= 0.3 is 6.09 Å². The Morgan fingerprint density at radius 1 is 1.50 bits per heavy atom. The second kappa shape index (κ2) is 6.74. The van der Waals surface area contributed by atoms with Gasteiger partial charge in [0.25, 0.3) is 0 Å². The van der Waals surface area contributed by atoms with Gasteiger partial charge in [-0.25, -0.2) is 4.79 Å². The van der Waals surface area contributed by atoms with Crippen LogP contribution in [0.1, 0.15) is 39.2 Å². The van der Waals surface area contributed by atoms with E-state index in [4.69, 9.17) is 11.2 Å². The van der Waals surface area contributed by atoms with Crippen LogP contribution in [-0.4, -0.2) is 35.7 Å². The molecule has 4 nitrogen and oxygen atoms in total. The molecule has 1 atom stereocenters. The van der Waals surface area contributed by atoms with Gasteiger partial charge in [-0.05, 0) is 51.8 Å². The molecule has 2 rings (SSSR count). The number of nitrogens with zero attached hydrogens (tertiary/aromatic N) is 1. The van der Waals surface area contributed by atoms with Gasteiger partial charge in [-0.15, -0.1) is 6.42 Å². The number of carbonyl (C=O) groups excluding carboxylic acids is 1. The zero-order valence-corrected chi connectivity index (χ0v) is 13.6. The summed E-state index contributed by atoms with van der Waals surface area (Å²) in [6, 6.07) is 7.90. The number of nitrogens with one attached hydrogen (secondary N) is 1. The fourth-order valence-electron chi connectivity index (χ4n) is 2.56. The number of benzene rings is 1. The van der Waals surface area contributed by atoms with Crippen LogP contribution in [0.25, 0.3) is 0 Å². The Hall–Kier alpha value is -2.15. The monoisotopic (exact) mass is 300 g/mol. The first-order valence-corrected chi connectivity index (χ1v) is 7.69. The maximum absolute atomic E-state index is 12.2. The second-order valence-corrected chi connectivity index (χ2v) is 6.58. The van der Waals surface area contributed by atoms with E-state index in [0.29, 0.717) is 6.54 Å². The third-order valence-electron chi connectivity index (χ3n) is 3.58. The topological polar surface area (TPSA) is 41.6 Å². The highest BCUT2D eigenvalue weighted by molar-refractivity contribution is 5.69. The van der Waals surface area contributed by atoms with E-state index in [9.17, 15) is 4.79 Å². The van der Waals surface area contributed by atoms with E-state index in [1.165, 1.54) is 0 Å². The fraction of sp³-hybridized carbons (Fsp3) is 0.500. The van der Waals surface area contributed by atoms with E-state index in [1.54, 1.807) is 0 Å². The lowest BCUT2D eigenvalue weighted by atomic mass is 10.2. The summed E-state index contributed by atoms with van der Waals surface area (Å²) >= 11 is 0. The minimum atomic E-state index is -0.460. The normalized spacial score (nSPS) is 17.9. The minimum Gasteiger partial charge on any atom is -0.444 e. The summed E-state index contributed by atoms with van der Waals surface area (Å²) < 4.78 is 5.47. The van der Waals surface area contributed by atoms with Crippen molar-refractivity contribution in [3.63, 3.8) is 0 Å². The average molecular weight is 300 g/mol. The Kier molecular flexibility index (Phi) is 4.97. The highest BCUT2D eigenvalue weighted by Gasteiger charge is 2.31. The van der Waals surface area contributed by atoms with Crippen LogP contribution in [0, 0.1) is 12.3 Å². The molecule has 4 heteroatoms. The van der Waals surface area contributed by atoms with Crippen LogP contribution < -0.4 is 5.32 Å². The summed E-state index contributed by atoms with van der Waals surface area (Å²) in [6.07, 6.45) is 7.18. The first-order chi connectivity index (χ1) is 10.4. The number of likely N-dealkylation sites (tertiary alicyclic amines) is 1. The highest BCUT2D eigenvalue weighted by atomic mass is 16.6. The molecule has 0 saturated carbocycles. The van der Waals surface area contributed by atoms with Gasteiger partial charge in [0, 0.05) is 24.3 Å². The molecule has 1 amide bonds. The molecule has 22 heavy (non-hydrogen) atoms. The number of hydrogen-bond acceptors (Lipinski definition) is 3.